The van der Waals surface area contributed by atoms with E-state index in [2.05, 4.69) is 14.5 Å². The van der Waals surface area contributed by atoms with Crippen LogP contribution in [0.1, 0.15) is 16.2 Å². The van der Waals surface area contributed by atoms with Crippen molar-refractivity contribution in [3.8, 4) is 22.8 Å². The Hall–Kier alpha value is -3.35. The van der Waals surface area contributed by atoms with Gasteiger partial charge in [-0.15, -0.1) is 0 Å². The molecule has 7 nitrogen and oxygen atoms in total. The van der Waals surface area contributed by atoms with Gasteiger partial charge in [0, 0.05) is 49.6 Å². The SMILES string of the molecule is O=C(c1ccc2c(c1)OCO2)N1CCc2ncc(-c3cccnc3)n2CC1. The number of benzene rings is 1. The maximum atomic E-state index is 13.0. The first-order chi connectivity index (χ1) is 13.3. The van der Waals surface area contributed by atoms with Crippen molar-refractivity contribution in [2.75, 3.05) is 19.9 Å². The molecule has 0 unspecified atom stereocenters. The molecular weight excluding hydrogens is 344 g/mol. The predicted molar refractivity (Wildman–Crippen MR) is 97.6 cm³/mol. The summed E-state index contributed by atoms with van der Waals surface area (Å²) >= 11 is 0. The first kappa shape index (κ1) is 15.9. The highest BCUT2D eigenvalue weighted by atomic mass is 16.7. The zero-order chi connectivity index (χ0) is 18.2. The van der Waals surface area contributed by atoms with Crippen LogP contribution in [-0.4, -0.2) is 45.2 Å². The van der Waals surface area contributed by atoms with Gasteiger partial charge in [0.1, 0.15) is 5.82 Å². The van der Waals surface area contributed by atoms with E-state index in [9.17, 15) is 4.79 Å². The summed E-state index contributed by atoms with van der Waals surface area (Å²) in [6, 6.07) is 9.29. The standard InChI is InChI=1S/C20H18N4O3/c25-20(14-3-4-17-18(10-14)27-13-26-17)23-7-5-19-22-12-16(24(19)9-8-23)15-2-1-6-21-11-15/h1-4,6,10-12H,5,7-9,13H2. The fourth-order valence-electron chi connectivity index (χ4n) is 3.59. The number of nitrogens with zero attached hydrogens (tertiary/aromatic N) is 4. The number of amides is 1. The van der Waals surface area contributed by atoms with Crippen molar-refractivity contribution >= 4 is 5.91 Å². The zero-order valence-electron chi connectivity index (χ0n) is 14.7. The Morgan fingerprint density at radius 1 is 1.04 bits per heavy atom. The Morgan fingerprint density at radius 3 is 2.85 bits per heavy atom. The molecule has 2 aliphatic heterocycles. The van der Waals surface area contributed by atoms with Gasteiger partial charge in [-0.1, -0.05) is 0 Å². The minimum absolute atomic E-state index is 0.00183. The lowest BCUT2D eigenvalue weighted by atomic mass is 10.1. The molecule has 0 saturated carbocycles. The lowest BCUT2D eigenvalue weighted by Crippen LogP contribution is -2.33. The van der Waals surface area contributed by atoms with E-state index in [0.717, 1.165) is 23.5 Å². The van der Waals surface area contributed by atoms with Crippen molar-refractivity contribution in [1.29, 1.82) is 0 Å². The van der Waals surface area contributed by atoms with Crippen molar-refractivity contribution in [2.45, 2.75) is 13.0 Å². The molecule has 2 aromatic heterocycles. The third kappa shape index (κ3) is 2.81. The number of imidazole rings is 1. The molecular formula is C20H18N4O3. The van der Waals surface area contributed by atoms with E-state index >= 15 is 0 Å². The number of carbonyl (C=O) groups excluding carboxylic acids is 1. The number of pyridine rings is 1. The predicted octanol–water partition coefficient (Wildman–Crippen LogP) is 2.37. The summed E-state index contributed by atoms with van der Waals surface area (Å²) in [5.41, 5.74) is 2.69. The van der Waals surface area contributed by atoms with Gasteiger partial charge >= 0.3 is 0 Å². The second-order valence-corrected chi connectivity index (χ2v) is 6.56. The molecule has 5 rings (SSSR count). The van der Waals surface area contributed by atoms with Crippen LogP contribution in [0.3, 0.4) is 0 Å². The topological polar surface area (TPSA) is 69.5 Å². The molecule has 2 aliphatic rings. The molecule has 0 fully saturated rings. The van der Waals surface area contributed by atoms with Gasteiger partial charge in [-0.05, 0) is 30.3 Å². The summed E-state index contributed by atoms with van der Waals surface area (Å²) in [5.74, 6) is 2.31. The van der Waals surface area contributed by atoms with Crippen LogP contribution in [0.15, 0.2) is 48.9 Å². The average Bonchev–Trinajstić information content (AvgIpc) is 3.29. The fourth-order valence-corrected chi connectivity index (χ4v) is 3.59. The van der Waals surface area contributed by atoms with Gasteiger partial charge < -0.3 is 18.9 Å². The molecule has 136 valence electrons. The molecule has 0 radical (unpaired) electrons. The Bertz CT molecular complexity index is 1000. The van der Waals surface area contributed by atoms with E-state index in [4.69, 9.17) is 9.47 Å². The lowest BCUT2D eigenvalue weighted by molar-refractivity contribution is 0.0758. The molecule has 0 spiro atoms. The summed E-state index contributed by atoms with van der Waals surface area (Å²) in [6.45, 7) is 2.17. The number of aromatic nitrogens is 3. The molecule has 0 atom stereocenters. The van der Waals surface area contributed by atoms with Gasteiger partial charge in [0.2, 0.25) is 6.79 Å². The normalized spacial score (nSPS) is 15.3. The van der Waals surface area contributed by atoms with Crippen LogP contribution in [0, 0.1) is 0 Å². The molecule has 1 amide bonds. The number of fused-ring (bicyclic) bond motifs is 2. The summed E-state index contributed by atoms with van der Waals surface area (Å²) in [5, 5.41) is 0. The summed E-state index contributed by atoms with van der Waals surface area (Å²) in [6.07, 6.45) is 6.21. The molecule has 1 aromatic carbocycles. The van der Waals surface area contributed by atoms with Crippen molar-refractivity contribution < 1.29 is 14.3 Å². The van der Waals surface area contributed by atoms with E-state index in [1.54, 1.807) is 24.4 Å². The number of rotatable bonds is 2. The summed E-state index contributed by atoms with van der Waals surface area (Å²) < 4.78 is 12.9. The molecule has 0 saturated heterocycles. The van der Waals surface area contributed by atoms with Gasteiger partial charge in [-0.25, -0.2) is 4.98 Å². The highest BCUT2D eigenvalue weighted by Gasteiger charge is 2.24. The smallest absolute Gasteiger partial charge is 0.254 e. The summed E-state index contributed by atoms with van der Waals surface area (Å²) in [7, 11) is 0. The van der Waals surface area contributed by atoms with Gasteiger partial charge in [-0.3, -0.25) is 9.78 Å². The van der Waals surface area contributed by atoms with Crippen LogP contribution < -0.4 is 9.47 Å². The van der Waals surface area contributed by atoms with E-state index < -0.39 is 0 Å². The molecule has 4 heterocycles. The van der Waals surface area contributed by atoms with Crippen LogP contribution in [-0.2, 0) is 13.0 Å². The number of hydrogen-bond donors (Lipinski definition) is 0. The zero-order valence-corrected chi connectivity index (χ0v) is 14.7. The van der Waals surface area contributed by atoms with E-state index in [0.29, 0.717) is 36.7 Å². The quantitative estimate of drug-likeness (QED) is 0.700. The van der Waals surface area contributed by atoms with Crippen molar-refractivity contribution in [3.05, 3.63) is 60.3 Å². The van der Waals surface area contributed by atoms with Crippen LogP contribution in [0.25, 0.3) is 11.3 Å². The first-order valence-electron chi connectivity index (χ1n) is 8.93. The van der Waals surface area contributed by atoms with Gasteiger partial charge in [0.05, 0.1) is 11.9 Å². The number of ether oxygens (including phenoxy) is 2. The second kappa shape index (κ2) is 6.42. The maximum Gasteiger partial charge on any atom is 0.254 e. The number of carbonyl (C=O) groups is 1. The fraction of sp³-hybridized carbons (Fsp3) is 0.250. The summed E-state index contributed by atoms with van der Waals surface area (Å²) in [4.78, 5) is 23.6. The van der Waals surface area contributed by atoms with Crippen LogP contribution in [0.5, 0.6) is 11.5 Å². The average molecular weight is 362 g/mol. The Morgan fingerprint density at radius 2 is 1.96 bits per heavy atom. The third-order valence-electron chi connectivity index (χ3n) is 5.00. The van der Waals surface area contributed by atoms with Crippen LogP contribution in [0.4, 0.5) is 0 Å². The Balaban J connectivity index is 1.37. The van der Waals surface area contributed by atoms with Crippen molar-refractivity contribution in [3.63, 3.8) is 0 Å². The van der Waals surface area contributed by atoms with E-state index in [-0.39, 0.29) is 12.7 Å². The lowest BCUT2D eigenvalue weighted by Gasteiger charge is -2.20. The molecule has 3 aromatic rings. The second-order valence-electron chi connectivity index (χ2n) is 6.56. The van der Waals surface area contributed by atoms with Crippen molar-refractivity contribution in [2.24, 2.45) is 0 Å². The molecule has 0 bridgehead atoms. The van der Waals surface area contributed by atoms with Crippen LogP contribution >= 0.6 is 0 Å². The Labute approximate surface area is 156 Å². The minimum Gasteiger partial charge on any atom is -0.454 e. The minimum atomic E-state index is 0.00183. The molecule has 0 aliphatic carbocycles. The highest BCUT2D eigenvalue weighted by molar-refractivity contribution is 5.95. The molecule has 7 heteroatoms. The maximum absolute atomic E-state index is 13.0. The molecule has 27 heavy (non-hydrogen) atoms. The Kier molecular flexibility index (Phi) is 3.78. The van der Waals surface area contributed by atoms with Crippen LogP contribution in [0.2, 0.25) is 0 Å². The van der Waals surface area contributed by atoms with Gasteiger partial charge in [0.25, 0.3) is 5.91 Å². The monoisotopic (exact) mass is 362 g/mol. The number of hydrogen-bond acceptors (Lipinski definition) is 5. The highest BCUT2D eigenvalue weighted by Crippen LogP contribution is 2.33. The van der Waals surface area contributed by atoms with Gasteiger partial charge in [0.15, 0.2) is 11.5 Å². The van der Waals surface area contributed by atoms with Gasteiger partial charge in [-0.2, -0.15) is 0 Å². The third-order valence-corrected chi connectivity index (χ3v) is 5.00. The largest absolute Gasteiger partial charge is 0.454 e. The van der Waals surface area contributed by atoms with E-state index in [1.807, 2.05) is 29.4 Å². The first-order valence-corrected chi connectivity index (χ1v) is 8.93. The molecule has 0 N–H and O–H groups in total. The van der Waals surface area contributed by atoms with Crippen molar-refractivity contribution in [1.82, 2.24) is 19.4 Å². The van der Waals surface area contributed by atoms with E-state index in [1.165, 1.54) is 0 Å².